The normalized spacial score (nSPS) is 20.7. The average Bonchev–Trinajstić information content (AvgIpc) is 3.17. The fourth-order valence-electron chi connectivity index (χ4n) is 3.07. The maximum atomic E-state index is 13.0. The molecule has 1 aromatic heterocycles. The minimum absolute atomic E-state index is 0.142. The zero-order chi connectivity index (χ0) is 16.4. The number of amides is 1. The van der Waals surface area contributed by atoms with Gasteiger partial charge in [-0.25, -0.2) is 4.39 Å². The van der Waals surface area contributed by atoms with Crippen molar-refractivity contribution in [1.29, 1.82) is 0 Å². The van der Waals surface area contributed by atoms with Crippen LogP contribution in [0.5, 0.6) is 0 Å². The van der Waals surface area contributed by atoms with Crippen molar-refractivity contribution in [2.75, 3.05) is 13.6 Å². The lowest BCUT2D eigenvalue weighted by atomic mass is 10.1. The molecule has 1 aliphatic rings. The molecule has 0 saturated heterocycles. The van der Waals surface area contributed by atoms with Gasteiger partial charge in [0.05, 0.1) is 11.8 Å². The number of aromatic nitrogens is 2. The first kappa shape index (κ1) is 15.7. The monoisotopic (exact) mass is 317 g/mol. The van der Waals surface area contributed by atoms with Crippen molar-refractivity contribution in [2.24, 2.45) is 5.92 Å². The van der Waals surface area contributed by atoms with Crippen LogP contribution >= 0.6 is 0 Å². The van der Waals surface area contributed by atoms with Gasteiger partial charge in [-0.15, -0.1) is 0 Å². The molecule has 5 nitrogen and oxygen atoms in total. The van der Waals surface area contributed by atoms with Crippen LogP contribution in [0.3, 0.4) is 0 Å². The molecule has 122 valence electrons. The lowest BCUT2D eigenvalue weighted by molar-refractivity contribution is 0.0688. The average molecular weight is 317 g/mol. The van der Waals surface area contributed by atoms with Gasteiger partial charge in [-0.1, -0.05) is 6.42 Å². The van der Waals surface area contributed by atoms with Crippen LogP contribution < -0.4 is 0 Å². The summed E-state index contributed by atoms with van der Waals surface area (Å²) >= 11 is 0. The van der Waals surface area contributed by atoms with E-state index in [2.05, 4.69) is 10.2 Å². The van der Waals surface area contributed by atoms with Gasteiger partial charge in [-0.3, -0.25) is 9.89 Å². The van der Waals surface area contributed by atoms with Crippen LogP contribution in [0.2, 0.25) is 0 Å². The predicted molar refractivity (Wildman–Crippen MR) is 84.3 cm³/mol. The molecule has 2 aromatic rings. The topological polar surface area (TPSA) is 69.2 Å². The Balaban J connectivity index is 1.69. The second-order valence-electron chi connectivity index (χ2n) is 6.12. The Hall–Kier alpha value is -2.21. The van der Waals surface area contributed by atoms with Crippen molar-refractivity contribution in [3.8, 4) is 11.3 Å². The highest BCUT2D eigenvalue weighted by Gasteiger charge is 2.28. The highest BCUT2D eigenvalue weighted by molar-refractivity contribution is 5.93. The van der Waals surface area contributed by atoms with E-state index in [0.29, 0.717) is 17.9 Å². The van der Waals surface area contributed by atoms with E-state index in [-0.39, 0.29) is 23.7 Å². The number of hydrogen-bond acceptors (Lipinski definition) is 3. The molecule has 1 fully saturated rings. The molecule has 0 spiro atoms. The number of carbonyl (C=O) groups excluding carboxylic acids is 1. The number of nitrogens with one attached hydrogen (secondary N) is 1. The van der Waals surface area contributed by atoms with Gasteiger partial charge in [0.1, 0.15) is 11.5 Å². The Morgan fingerprint density at radius 2 is 2.13 bits per heavy atom. The first-order valence-corrected chi connectivity index (χ1v) is 7.79. The van der Waals surface area contributed by atoms with E-state index in [0.717, 1.165) is 24.8 Å². The molecule has 1 amide bonds. The zero-order valence-corrected chi connectivity index (χ0v) is 13.0. The van der Waals surface area contributed by atoms with Crippen LogP contribution in [0.4, 0.5) is 4.39 Å². The minimum atomic E-state index is -0.318. The zero-order valence-electron chi connectivity index (χ0n) is 13.0. The molecule has 1 saturated carbocycles. The first-order chi connectivity index (χ1) is 11.0. The van der Waals surface area contributed by atoms with Crippen LogP contribution in [-0.4, -0.2) is 45.8 Å². The van der Waals surface area contributed by atoms with Gasteiger partial charge in [-0.2, -0.15) is 5.10 Å². The molecule has 0 aliphatic heterocycles. The Kier molecular flexibility index (Phi) is 4.43. The smallest absolute Gasteiger partial charge is 0.271 e. The Morgan fingerprint density at radius 3 is 2.78 bits per heavy atom. The van der Waals surface area contributed by atoms with E-state index < -0.39 is 0 Å². The maximum Gasteiger partial charge on any atom is 0.271 e. The second kappa shape index (κ2) is 6.50. The van der Waals surface area contributed by atoms with Gasteiger partial charge in [0.25, 0.3) is 5.91 Å². The molecule has 23 heavy (non-hydrogen) atoms. The summed E-state index contributed by atoms with van der Waals surface area (Å²) in [4.78, 5) is 14.1. The van der Waals surface area contributed by atoms with Crippen LogP contribution in [0.1, 0.15) is 29.8 Å². The van der Waals surface area contributed by atoms with Crippen LogP contribution in [0.15, 0.2) is 30.3 Å². The lowest BCUT2D eigenvalue weighted by Gasteiger charge is -2.22. The van der Waals surface area contributed by atoms with Crippen molar-refractivity contribution in [1.82, 2.24) is 15.1 Å². The van der Waals surface area contributed by atoms with Crippen LogP contribution in [0, 0.1) is 11.7 Å². The number of rotatable bonds is 4. The van der Waals surface area contributed by atoms with Gasteiger partial charge in [0.15, 0.2) is 0 Å². The minimum Gasteiger partial charge on any atom is -0.393 e. The lowest BCUT2D eigenvalue weighted by Crippen LogP contribution is -2.34. The number of nitrogens with zero attached hydrogens (tertiary/aromatic N) is 2. The van der Waals surface area contributed by atoms with E-state index in [1.807, 2.05) is 0 Å². The fourth-order valence-corrected chi connectivity index (χ4v) is 3.07. The molecular weight excluding hydrogens is 297 g/mol. The van der Waals surface area contributed by atoms with Gasteiger partial charge >= 0.3 is 0 Å². The summed E-state index contributed by atoms with van der Waals surface area (Å²) in [6.07, 6.45) is 2.45. The number of aliphatic hydroxyl groups excluding tert-OH is 1. The molecule has 0 bridgehead atoms. The summed E-state index contributed by atoms with van der Waals surface area (Å²) in [6, 6.07) is 7.63. The van der Waals surface area contributed by atoms with Gasteiger partial charge in [0, 0.05) is 25.1 Å². The highest BCUT2D eigenvalue weighted by atomic mass is 19.1. The Labute approximate surface area is 134 Å². The molecule has 2 atom stereocenters. The summed E-state index contributed by atoms with van der Waals surface area (Å²) in [5, 5.41) is 16.7. The van der Waals surface area contributed by atoms with Crippen molar-refractivity contribution >= 4 is 5.91 Å². The standard InChI is InChI=1S/C17H20FN3O2/c1-21(10-12-3-2-4-16(12)22)17(23)15-9-14(19-20-15)11-5-7-13(18)8-6-11/h5-9,12,16,22H,2-4,10H2,1H3,(H,19,20). The third-order valence-corrected chi connectivity index (χ3v) is 4.42. The quantitative estimate of drug-likeness (QED) is 0.910. The number of carbonyl (C=O) groups is 1. The molecule has 6 heteroatoms. The predicted octanol–water partition coefficient (Wildman–Crippen LogP) is 2.45. The third kappa shape index (κ3) is 3.42. The largest absolute Gasteiger partial charge is 0.393 e. The molecule has 2 N–H and O–H groups in total. The molecule has 2 unspecified atom stereocenters. The first-order valence-electron chi connectivity index (χ1n) is 7.79. The van der Waals surface area contributed by atoms with E-state index in [4.69, 9.17) is 0 Å². The third-order valence-electron chi connectivity index (χ3n) is 4.42. The number of H-pyrrole nitrogens is 1. The maximum absolute atomic E-state index is 13.0. The van der Waals surface area contributed by atoms with Gasteiger partial charge in [-0.05, 0) is 43.2 Å². The summed E-state index contributed by atoms with van der Waals surface area (Å²) in [5.41, 5.74) is 1.73. The summed E-state index contributed by atoms with van der Waals surface area (Å²) in [7, 11) is 1.73. The van der Waals surface area contributed by atoms with Crippen molar-refractivity contribution in [2.45, 2.75) is 25.4 Å². The van der Waals surface area contributed by atoms with Crippen molar-refractivity contribution in [3.05, 3.63) is 41.8 Å². The Morgan fingerprint density at radius 1 is 1.39 bits per heavy atom. The van der Waals surface area contributed by atoms with Crippen molar-refractivity contribution in [3.63, 3.8) is 0 Å². The number of aromatic amines is 1. The highest BCUT2D eigenvalue weighted by Crippen LogP contribution is 2.26. The van der Waals surface area contributed by atoms with E-state index in [9.17, 15) is 14.3 Å². The Bertz CT molecular complexity index is 683. The summed E-state index contributed by atoms with van der Waals surface area (Å²) in [6.45, 7) is 0.533. The fraction of sp³-hybridized carbons (Fsp3) is 0.412. The van der Waals surface area contributed by atoms with Gasteiger partial charge in [0.2, 0.25) is 0 Å². The SMILES string of the molecule is CN(CC1CCCC1O)C(=O)c1cc(-c2ccc(F)cc2)n[nH]1. The summed E-state index contributed by atoms with van der Waals surface area (Å²) < 4.78 is 13.0. The second-order valence-corrected chi connectivity index (χ2v) is 6.12. The molecule has 3 rings (SSSR count). The number of aliphatic hydroxyl groups is 1. The molecule has 1 aliphatic carbocycles. The molecule has 1 aromatic carbocycles. The van der Waals surface area contributed by atoms with Gasteiger partial charge < -0.3 is 10.0 Å². The van der Waals surface area contributed by atoms with E-state index in [1.165, 1.54) is 12.1 Å². The number of benzene rings is 1. The van der Waals surface area contributed by atoms with E-state index in [1.54, 1.807) is 30.1 Å². The molecular formula is C17H20FN3O2. The number of hydrogen-bond donors (Lipinski definition) is 2. The molecule has 1 heterocycles. The van der Waals surface area contributed by atoms with Crippen molar-refractivity contribution < 1.29 is 14.3 Å². The van der Waals surface area contributed by atoms with E-state index >= 15 is 0 Å². The number of halogens is 1. The summed E-state index contributed by atoms with van der Waals surface area (Å²) in [5.74, 6) is -0.330. The molecule has 0 radical (unpaired) electrons. The van der Waals surface area contributed by atoms with Crippen LogP contribution in [-0.2, 0) is 0 Å². The van der Waals surface area contributed by atoms with Crippen LogP contribution in [0.25, 0.3) is 11.3 Å².